The van der Waals surface area contributed by atoms with E-state index in [1.165, 1.54) is 41.4 Å². The van der Waals surface area contributed by atoms with Crippen LogP contribution in [0.25, 0.3) is 11.4 Å². The monoisotopic (exact) mass is 709 g/mol. The van der Waals surface area contributed by atoms with Crippen LogP contribution in [0, 0.1) is 12.7 Å². The zero-order valence-electron chi connectivity index (χ0n) is 29.4. The number of pyridine rings is 1. The van der Waals surface area contributed by atoms with Crippen LogP contribution in [0.4, 0.5) is 4.39 Å². The Morgan fingerprint density at radius 2 is 1.87 bits per heavy atom. The van der Waals surface area contributed by atoms with Gasteiger partial charge < -0.3 is 29.9 Å². The van der Waals surface area contributed by atoms with E-state index in [2.05, 4.69) is 25.6 Å². The predicted molar refractivity (Wildman–Crippen MR) is 188 cm³/mol. The van der Waals surface area contributed by atoms with Crippen LogP contribution in [0.5, 0.6) is 11.5 Å². The molecular formula is C38H40FN7O6. The number of carbonyl (C=O) groups is 4. The molecule has 270 valence electrons. The lowest BCUT2D eigenvalue weighted by Gasteiger charge is -2.25. The Kier molecular flexibility index (Phi) is 10.8. The van der Waals surface area contributed by atoms with Crippen LogP contribution < -0.4 is 15.4 Å². The second-order valence-electron chi connectivity index (χ2n) is 13.2. The van der Waals surface area contributed by atoms with E-state index in [1.54, 1.807) is 36.4 Å². The summed E-state index contributed by atoms with van der Waals surface area (Å²) in [6.07, 6.45) is 4.65. The highest BCUT2D eigenvalue weighted by molar-refractivity contribution is 6.01. The number of carbonyl (C=O) groups excluding carboxylic acids is 4. The Bertz CT molecular complexity index is 1990. The van der Waals surface area contributed by atoms with E-state index in [0.29, 0.717) is 34.6 Å². The van der Waals surface area contributed by atoms with Crippen molar-refractivity contribution in [2.45, 2.75) is 58.9 Å². The minimum absolute atomic E-state index is 0.0579. The Hall–Kier alpha value is -5.76. The maximum Gasteiger partial charge on any atom is 0.257 e. The molecule has 13 nitrogen and oxygen atoms in total. The van der Waals surface area contributed by atoms with E-state index >= 15 is 0 Å². The van der Waals surface area contributed by atoms with Gasteiger partial charge in [0.25, 0.3) is 17.7 Å². The molecule has 4 heterocycles. The van der Waals surface area contributed by atoms with Gasteiger partial charge in [0.15, 0.2) is 5.82 Å². The molecule has 1 saturated heterocycles. The van der Waals surface area contributed by atoms with E-state index in [4.69, 9.17) is 9.47 Å². The fourth-order valence-electron chi connectivity index (χ4n) is 6.22. The van der Waals surface area contributed by atoms with Crippen molar-refractivity contribution in [2.75, 3.05) is 26.2 Å². The van der Waals surface area contributed by atoms with E-state index in [0.717, 1.165) is 0 Å². The molecule has 2 atom stereocenters. The van der Waals surface area contributed by atoms with Crippen LogP contribution in [0.3, 0.4) is 0 Å². The number of rotatable bonds is 6. The first-order chi connectivity index (χ1) is 25.0. The molecule has 14 heteroatoms. The average molecular weight is 710 g/mol. The number of nitrogens with zero attached hydrogens (tertiary/aromatic N) is 5. The van der Waals surface area contributed by atoms with Gasteiger partial charge in [-0.2, -0.15) is 0 Å². The number of hydrogen-bond acceptors (Lipinski definition) is 9. The minimum Gasteiger partial charge on any atom is -0.457 e. The van der Waals surface area contributed by atoms with Gasteiger partial charge in [-0.25, -0.2) is 14.4 Å². The van der Waals surface area contributed by atoms with Crippen molar-refractivity contribution in [1.29, 1.82) is 0 Å². The zero-order chi connectivity index (χ0) is 36.9. The smallest absolute Gasteiger partial charge is 0.257 e. The molecule has 2 N–H and O–H groups in total. The van der Waals surface area contributed by atoms with Crippen LogP contribution in [-0.4, -0.2) is 92.7 Å². The molecule has 2 aliphatic heterocycles. The summed E-state index contributed by atoms with van der Waals surface area (Å²) in [7, 11) is 0. The SMILES string of the molecule is CCCN1CC(=O)N[C@@H]2CN(C(=O)c3cnc(-c4cccnc4)nc3C)C[C@H]2OCc2cc(F)cc(c2)Oc2cc(C(=O)NC(C)C)cc(c2)C1=O. The van der Waals surface area contributed by atoms with Crippen molar-refractivity contribution >= 4 is 23.6 Å². The van der Waals surface area contributed by atoms with Gasteiger partial charge in [-0.05, 0) is 75.2 Å². The first kappa shape index (κ1) is 36.0. The summed E-state index contributed by atoms with van der Waals surface area (Å²) in [5.74, 6) is -1.59. The van der Waals surface area contributed by atoms with Gasteiger partial charge in [0.05, 0.1) is 36.6 Å². The second-order valence-corrected chi connectivity index (χ2v) is 13.2. The van der Waals surface area contributed by atoms with E-state index in [-0.39, 0.29) is 67.4 Å². The number of benzene rings is 2. The second kappa shape index (κ2) is 15.6. The summed E-state index contributed by atoms with van der Waals surface area (Å²) in [5.41, 5.74) is 2.22. The highest BCUT2D eigenvalue weighted by Gasteiger charge is 2.38. The summed E-state index contributed by atoms with van der Waals surface area (Å²) in [6.45, 7) is 7.37. The Labute approximate surface area is 300 Å². The molecule has 0 saturated carbocycles. The molecule has 2 aromatic heterocycles. The molecular weight excluding hydrogens is 669 g/mol. The number of aryl methyl sites for hydroxylation is 1. The Morgan fingerprint density at radius 1 is 1.06 bits per heavy atom. The first-order valence-corrected chi connectivity index (χ1v) is 17.1. The van der Waals surface area contributed by atoms with Crippen molar-refractivity contribution in [3.8, 4) is 22.9 Å². The number of halogens is 1. The van der Waals surface area contributed by atoms with Crippen molar-refractivity contribution in [1.82, 2.24) is 35.4 Å². The van der Waals surface area contributed by atoms with E-state index in [1.807, 2.05) is 26.8 Å². The highest BCUT2D eigenvalue weighted by Crippen LogP contribution is 2.28. The number of aromatic nitrogens is 3. The van der Waals surface area contributed by atoms with Gasteiger partial charge in [-0.1, -0.05) is 6.92 Å². The largest absolute Gasteiger partial charge is 0.457 e. The van der Waals surface area contributed by atoms with Crippen LogP contribution in [0.2, 0.25) is 0 Å². The molecule has 0 unspecified atom stereocenters. The van der Waals surface area contributed by atoms with Gasteiger partial charge in [-0.3, -0.25) is 24.2 Å². The number of fused-ring (bicyclic) bond motifs is 5. The molecule has 52 heavy (non-hydrogen) atoms. The number of nitrogens with one attached hydrogen (secondary N) is 2. The molecule has 2 aromatic carbocycles. The predicted octanol–water partition coefficient (Wildman–Crippen LogP) is 4.31. The summed E-state index contributed by atoms with van der Waals surface area (Å²) in [6, 6.07) is 11.3. The van der Waals surface area contributed by atoms with Crippen molar-refractivity contribution in [2.24, 2.45) is 0 Å². The lowest BCUT2D eigenvalue weighted by atomic mass is 10.1. The third-order valence-electron chi connectivity index (χ3n) is 8.61. The van der Waals surface area contributed by atoms with E-state index in [9.17, 15) is 23.6 Å². The number of amides is 4. The average Bonchev–Trinajstić information content (AvgIpc) is 3.51. The summed E-state index contributed by atoms with van der Waals surface area (Å²) >= 11 is 0. The van der Waals surface area contributed by atoms with Crippen LogP contribution in [-0.2, 0) is 16.1 Å². The maximum atomic E-state index is 14.9. The van der Waals surface area contributed by atoms with Crippen LogP contribution in [0.15, 0.2) is 67.1 Å². The minimum atomic E-state index is -0.672. The van der Waals surface area contributed by atoms with Gasteiger partial charge >= 0.3 is 0 Å². The van der Waals surface area contributed by atoms with Crippen molar-refractivity contribution < 1.29 is 33.0 Å². The third kappa shape index (κ3) is 8.40. The number of hydrogen-bond donors (Lipinski definition) is 2. The summed E-state index contributed by atoms with van der Waals surface area (Å²) in [5, 5.41) is 5.79. The molecule has 0 spiro atoms. The molecule has 0 radical (unpaired) electrons. The summed E-state index contributed by atoms with van der Waals surface area (Å²) < 4.78 is 27.2. The van der Waals surface area contributed by atoms with E-state index < -0.39 is 35.7 Å². The molecule has 1 fully saturated rings. The zero-order valence-corrected chi connectivity index (χ0v) is 29.4. The maximum absolute atomic E-state index is 14.9. The lowest BCUT2D eigenvalue weighted by molar-refractivity contribution is -0.123. The molecule has 4 aromatic rings. The Balaban J connectivity index is 1.30. The molecule has 4 bridgehead atoms. The van der Waals surface area contributed by atoms with Crippen LogP contribution in [0.1, 0.15) is 69.5 Å². The fraction of sp³-hybridized carbons (Fsp3) is 0.342. The van der Waals surface area contributed by atoms with Gasteiger partial charge in [0.1, 0.15) is 17.3 Å². The third-order valence-corrected chi connectivity index (χ3v) is 8.61. The number of ether oxygens (including phenoxy) is 2. The molecule has 2 aliphatic rings. The quantitative estimate of drug-likeness (QED) is 0.298. The van der Waals surface area contributed by atoms with Crippen molar-refractivity contribution in [3.05, 3.63) is 101 Å². The topological polar surface area (TPSA) is 156 Å². The lowest BCUT2D eigenvalue weighted by Crippen LogP contribution is -2.49. The van der Waals surface area contributed by atoms with Gasteiger partial charge in [0.2, 0.25) is 5.91 Å². The highest BCUT2D eigenvalue weighted by atomic mass is 19.1. The molecule has 0 aliphatic carbocycles. The number of likely N-dealkylation sites (tertiary alicyclic amines) is 1. The van der Waals surface area contributed by atoms with Gasteiger partial charge in [0, 0.05) is 67.0 Å². The van der Waals surface area contributed by atoms with Gasteiger partial charge in [-0.15, -0.1) is 0 Å². The first-order valence-electron chi connectivity index (χ1n) is 17.1. The normalized spacial score (nSPS) is 17.7. The van der Waals surface area contributed by atoms with Crippen molar-refractivity contribution in [3.63, 3.8) is 0 Å². The molecule has 4 amide bonds. The fourth-order valence-corrected chi connectivity index (χ4v) is 6.22. The van der Waals surface area contributed by atoms with Crippen LogP contribution >= 0.6 is 0 Å². The standard InChI is InChI=1S/C38H40FN7O6/c1-5-9-45-20-34(47)44-32-18-46(38(50)31-17-41-35(43-23(31)4)25-7-6-8-40-16-25)19-33(32)51-21-24-10-28(39)15-29(11-24)52-30-13-26(36(48)42-22(2)3)12-27(14-30)37(45)49/h6-8,10-17,22,32-33H,5,9,18-21H2,1-4H3,(H,42,48)(H,44,47)/t32-,33-/m1/s1. The summed E-state index contributed by atoms with van der Waals surface area (Å²) in [4.78, 5) is 70.4. The Morgan fingerprint density at radius 3 is 2.60 bits per heavy atom. The molecule has 6 rings (SSSR count).